The van der Waals surface area contributed by atoms with Gasteiger partial charge in [0.15, 0.2) is 23.4 Å². The molecule has 1 aromatic carbocycles. The summed E-state index contributed by atoms with van der Waals surface area (Å²) in [5, 5.41) is 17.3. The highest BCUT2D eigenvalue weighted by atomic mass is 79.9. The largest absolute Gasteiger partial charge is 0.458 e. The molecular formula is C26H37B3BrNO12S3. The number of hydrogen-bond acceptors (Lipinski definition) is 15. The lowest BCUT2D eigenvalue weighted by Crippen LogP contribution is -2.67. The van der Waals surface area contributed by atoms with Crippen LogP contribution in [0.3, 0.4) is 0 Å². The van der Waals surface area contributed by atoms with Crippen LogP contribution in [0, 0.1) is 0 Å². The third kappa shape index (κ3) is 9.01. The van der Waals surface area contributed by atoms with Crippen molar-refractivity contribution >= 4 is 93.1 Å². The first-order valence-corrected chi connectivity index (χ1v) is 17.7. The molecule has 0 radical (unpaired) electrons. The van der Waals surface area contributed by atoms with Gasteiger partial charge in [-0.2, -0.15) is 0 Å². The molecule has 20 heteroatoms. The quantitative estimate of drug-likeness (QED) is 0.0457. The van der Waals surface area contributed by atoms with E-state index in [1.807, 2.05) is 0 Å². The number of ketones is 1. The second-order valence-electron chi connectivity index (χ2n) is 10.0. The third-order valence-electron chi connectivity index (χ3n) is 7.11. The van der Waals surface area contributed by atoms with Crippen LogP contribution in [0.4, 0.5) is 0 Å². The number of carbonyl (C=O) groups excluding carboxylic acids is 2. The molecule has 13 nitrogen and oxygen atoms in total. The average Bonchev–Trinajstić information content (AvgIpc) is 3.77. The number of nitrogens with one attached hydrogen (secondary N) is 1. The topological polar surface area (TPSA) is 171 Å². The van der Waals surface area contributed by atoms with Crippen molar-refractivity contribution in [3.8, 4) is 11.5 Å². The smallest absolute Gasteiger partial charge is 0.247 e. The number of halogens is 1. The summed E-state index contributed by atoms with van der Waals surface area (Å²) in [5.41, 5.74) is 0.454. The van der Waals surface area contributed by atoms with Crippen LogP contribution in [0.15, 0.2) is 23.8 Å². The molecule has 10 atom stereocenters. The Hall–Kier alpha value is -0.895. The number of fused-ring (bicyclic) bond motifs is 1. The maximum atomic E-state index is 13.7. The first-order chi connectivity index (χ1) is 26.3. The molecule has 4 rings (SSSR count). The Balaban J connectivity index is 1.57. The Bertz CT molecular complexity index is 1450. The number of hydrogen-bond donors (Lipinski definition) is 4. The number of carbonyl (C=O) groups is 2. The van der Waals surface area contributed by atoms with Crippen molar-refractivity contribution in [2.75, 3.05) is 29.1 Å². The molecule has 1 amide bonds. The fourth-order valence-electron chi connectivity index (χ4n) is 4.99. The molecule has 2 aliphatic heterocycles. The highest BCUT2D eigenvalue weighted by Crippen LogP contribution is 2.37. The molecule has 4 N–H and O–H groups in total. The highest BCUT2D eigenvalue weighted by molar-refractivity contribution is 9.09. The molecule has 46 heavy (non-hydrogen) atoms. The van der Waals surface area contributed by atoms with Gasteiger partial charge in [0.2, 0.25) is 16.5 Å². The van der Waals surface area contributed by atoms with Crippen molar-refractivity contribution in [2.24, 2.45) is 0 Å². The molecule has 1 unspecified atom stereocenters. The van der Waals surface area contributed by atoms with Crippen LogP contribution in [0.25, 0.3) is 6.08 Å². The molecule has 2 heterocycles. The number of aliphatic hydroxyl groups is 3. The lowest BCUT2D eigenvalue weighted by molar-refractivity contribution is -0.147. The van der Waals surface area contributed by atoms with Crippen molar-refractivity contribution in [1.29, 1.82) is 12.3 Å². The van der Waals surface area contributed by atoms with Gasteiger partial charge in [0.1, 0.15) is 72.8 Å². The minimum absolute atomic E-state index is 0.0296. The summed E-state index contributed by atoms with van der Waals surface area (Å²) in [6, 6.07) is 3.43. The summed E-state index contributed by atoms with van der Waals surface area (Å²) < 4.78 is 108. The van der Waals surface area contributed by atoms with Crippen molar-refractivity contribution in [3.05, 3.63) is 29.3 Å². The van der Waals surface area contributed by atoms with Crippen LogP contribution < -0.4 is 14.2 Å². The van der Waals surface area contributed by atoms with E-state index in [0.29, 0.717) is 5.56 Å². The van der Waals surface area contributed by atoms with Crippen LogP contribution in [0.2, 0.25) is 0 Å². The van der Waals surface area contributed by atoms with E-state index in [9.17, 15) is 9.59 Å². The Morgan fingerprint density at radius 2 is 1.80 bits per heavy atom. The van der Waals surface area contributed by atoms with Crippen LogP contribution in [0.1, 0.15) is 12.5 Å². The van der Waals surface area contributed by atoms with E-state index in [2.05, 4.69) is 21.2 Å². The summed E-state index contributed by atoms with van der Waals surface area (Å²) in [7, 11) is -3.63. The highest BCUT2D eigenvalue weighted by Gasteiger charge is 2.55. The standard InChI is InChI=1S/C26H37B3BrNO12S3/c1-11(25(36)31-16-17(33)18(34)22-24(38-10-37-22)21(16)42-45-8-28)4-12-2-3-14(15(5-12)41-44-7-27)39-26-19(35)23(43-46-9-29)20(40-26)13(32)6-30/h2-5,16-24,26,33-35H,6-10,27-29H2,1H3,(H,31,36)/b11-4+/t16?,17-,18+,19-,20+,21+,22+,23-,24-,26+/m0/s1/i27TD,28TD,29TD,33T,34T,35T. The number of alkyl halides is 1. The van der Waals surface area contributed by atoms with Gasteiger partial charge in [-0.3, -0.25) is 9.59 Å². The number of amides is 1. The van der Waals surface area contributed by atoms with Crippen LogP contribution >= 0.6 is 52.1 Å². The average molecular weight is 779 g/mol. The first-order valence-electron chi connectivity index (χ1n) is 18.5. The molecule has 0 aromatic heterocycles. The fraction of sp³-hybridized carbons (Fsp3) is 0.615. The van der Waals surface area contributed by atoms with E-state index in [1.54, 1.807) is 6.07 Å². The Morgan fingerprint density at radius 3 is 2.52 bits per heavy atom. The Labute approximate surface area is 304 Å². The van der Waals surface area contributed by atoms with Gasteiger partial charge in [-0.1, -0.05) is 22.0 Å². The monoisotopic (exact) mass is 778 g/mol. The predicted molar refractivity (Wildman–Crippen MR) is 186 cm³/mol. The van der Waals surface area contributed by atoms with Gasteiger partial charge in [-0.05, 0) is 74.1 Å². The zero-order valence-corrected chi connectivity index (χ0v) is 28.4. The molecule has 1 aliphatic carbocycles. The van der Waals surface area contributed by atoms with E-state index < -0.39 is 96.2 Å². The van der Waals surface area contributed by atoms with Crippen LogP contribution in [-0.2, 0) is 32.2 Å². The van der Waals surface area contributed by atoms with Crippen LogP contribution in [-0.4, -0.2) is 153 Å². The number of aliphatic hydroxyl groups excluding tert-OH is 3. The summed E-state index contributed by atoms with van der Waals surface area (Å²) >= 11 is 5.46. The van der Waals surface area contributed by atoms with E-state index >= 15 is 0 Å². The zero-order valence-electron chi connectivity index (χ0n) is 33.4. The van der Waals surface area contributed by atoms with E-state index in [1.165, 1.54) is 25.1 Å². The molecule has 2 saturated heterocycles. The number of rotatable bonds is 22. The third-order valence-corrected chi connectivity index (χ3v) is 9.08. The van der Waals surface area contributed by atoms with Gasteiger partial charge in [0.25, 0.3) is 0 Å². The lowest BCUT2D eigenvalue weighted by atomic mass is 9.83. The van der Waals surface area contributed by atoms with Gasteiger partial charge >= 0.3 is 0 Å². The molecule has 252 valence electrons. The fourth-order valence-corrected chi connectivity index (χ4v) is 6.54. The van der Waals surface area contributed by atoms with Gasteiger partial charge in [0, 0.05) is 23.3 Å². The number of benzene rings is 1. The molecular weight excluding hydrogens is 727 g/mol. The minimum atomic E-state index is -1.37. The minimum Gasteiger partial charge on any atom is -0.458 e. The molecule has 0 spiro atoms. The molecule has 1 aromatic rings. The summed E-state index contributed by atoms with van der Waals surface area (Å²) in [6.07, 6.45) is -8.56. The predicted octanol–water partition coefficient (Wildman–Crippen LogP) is -1.65. The normalized spacial score (nSPS) is 35.0. The maximum absolute atomic E-state index is 13.7. The van der Waals surface area contributed by atoms with Gasteiger partial charge in [-0.15, -0.1) is 0 Å². The Morgan fingerprint density at radius 1 is 1.09 bits per heavy atom. The Kier molecular flexibility index (Phi) is 10.6. The summed E-state index contributed by atoms with van der Waals surface area (Å²) in [4.78, 5) is 26.4. The SMILES string of the molecule is [2H]B([3H])CSOc1cc(/C=C(\C)C(=O)NC2[C@@H](OSCB([2H])[3H])[C@@H]3OCO[C@@H]3[C@H](O[3H])[C@H]2O[3H])ccc1O[C@@H]1O[C@H](C(=O)CBr)[C@@H](OSCB([2H])[3H])[C@@H]1O[3H]. The molecule has 0 bridgehead atoms. The molecule has 3 fully saturated rings. The van der Waals surface area contributed by atoms with Gasteiger partial charge in [0.05, 0.1) is 11.4 Å². The second kappa shape index (κ2) is 18.2. The van der Waals surface area contributed by atoms with Crippen molar-refractivity contribution in [3.63, 3.8) is 0 Å². The molecule has 1 saturated carbocycles. The van der Waals surface area contributed by atoms with E-state index in [4.69, 9.17) is 59.1 Å². The number of ether oxygens (including phenoxy) is 4. The maximum Gasteiger partial charge on any atom is 0.247 e. The van der Waals surface area contributed by atoms with E-state index in [0.717, 1.165) is 36.1 Å². The van der Waals surface area contributed by atoms with Crippen molar-refractivity contribution < 1.29 is 56.4 Å². The summed E-state index contributed by atoms with van der Waals surface area (Å²) in [5.74, 6) is -0.946. The zero-order chi connectivity index (χ0) is 40.2. The van der Waals surface area contributed by atoms with Crippen LogP contribution in [0.5, 0.6) is 11.5 Å². The van der Waals surface area contributed by atoms with Crippen molar-refractivity contribution in [1.82, 2.24) is 5.32 Å². The lowest BCUT2D eigenvalue weighted by Gasteiger charge is -2.43. The van der Waals surface area contributed by atoms with Gasteiger partial charge < -0.3 is 52.1 Å². The first kappa shape index (κ1) is 26.9. The van der Waals surface area contributed by atoms with Gasteiger partial charge in [-0.25, -0.2) is 0 Å². The second-order valence-corrected chi connectivity index (χ2v) is 12.8. The molecule has 3 aliphatic rings. The summed E-state index contributed by atoms with van der Waals surface area (Å²) in [6.45, 7) is 1.35. The van der Waals surface area contributed by atoms with Crippen molar-refractivity contribution in [2.45, 2.75) is 68.1 Å². The number of Topliss-reactive ketones (excluding diaryl/α,β-unsaturated/α-hetero) is 1. The van der Waals surface area contributed by atoms with E-state index in [-0.39, 0.29) is 46.2 Å².